The lowest BCUT2D eigenvalue weighted by molar-refractivity contribution is 0.199. The molecular formula is C13H18BrNO3S. The monoisotopic (exact) mass is 347 g/mol. The quantitative estimate of drug-likeness (QED) is 0.909. The highest BCUT2D eigenvalue weighted by Gasteiger charge is 2.31. The van der Waals surface area contributed by atoms with Crippen LogP contribution in [0.3, 0.4) is 0 Å². The lowest BCUT2D eigenvalue weighted by Crippen LogP contribution is -2.32. The number of rotatable bonds is 3. The molecule has 1 saturated heterocycles. The maximum absolute atomic E-state index is 11.5. The summed E-state index contributed by atoms with van der Waals surface area (Å²) in [6.45, 7) is 1.72. The second-order valence-corrected chi connectivity index (χ2v) is 8.14. The van der Waals surface area contributed by atoms with E-state index >= 15 is 0 Å². The Bertz CT molecular complexity index is 571. The van der Waals surface area contributed by atoms with E-state index in [1.807, 2.05) is 30.1 Å². The van der Waals surface area contributed by atoms with Gasteiger partial charge in [-0.2, -0.15) is 0 Å². The summed E-state index contributed by atoms with van der Waals surface area (Å²) in [5, 5.41) is 9.54. The third-order valence-corrected chi connectivity index (χ3v) is 5.98. The van der Waals surface area contributed by atoms with Crippen LogP contribution in [-0.2, 0) is 9.84 Å². The first kappa shape index (κ1) is 14.8. The zero-order chi connectivity index (χ0) is 14.2. The Morgan fingerprint density at radius 2 is 2.16 bits per heavy atom. The van der Waals surface area contributed by atoms with Crippen LogP contribution in [0.5, 0.6) is 0 Å². The number of benzene rings is 1. The Morgan fingerprint density at radius 1 is 1.47 bits per heavy atom. The molecule has 4 nitrogen and oxygen atoms in total. The highest BCUT2D eigenvalue weighted by Crippen LogP contribution is 2.31. The SMILES string of the molecule is CC(O)c1ccc(N(C)C2CCS(=O)(=O)C2)c(Br)c1. The molecule has 1 aromatic rings. The fourth-order valence-corrected chi connectivity index (χ4v) is 4.80. The highest BCUT2D eigenvalue weighted by atomic mass is 79.9. The van der Waals surface area contributed by atoms with Crippen LogP contribution in [0.4, 0.5) is 5.69 Å². The molecule has 106 valence electrons. The Hall–Kier alpha value is -0.590. The van der Waals surface area contributed by atoms with Gasteiger partial charge in [-0.3, -0.25) is 0 Å². The molecule has 1 N–H and O–H groups in total. The highest BCUT2D eigenvalue weighted by molar-refractivity contribution is 9.10. The topological polar surface area (TPSA) is 57.6 Å². The number of aliphatic hydroxyl groups excluding tert-OH is 1. The minimum absolute atomic E-state index is 0.0266. The lowest BCUT2D eigenvalue weighted by Gasteiger charge is -2.27. The van der Waals surface area contributed by atoms with Crippen LogP contribution in [-0.4, -0.2) is 38.1 Å². The predicted octanol–water partition coefficient (Wildman–Crippen LogP) is 2.13. The normalized spacial score (nSPS) is 23.3. The van der Waals surface area contributed by atoms with Gasteiger partial charge < -0.3 is 10.0 Å². The summed E-state index contributed by atoms with van der Waals surface area (Å²) in [5.41, 5.74) is 1.79. The van der Waals surface area contributed by atoms with E-state index in [1.54, 1.807) is 6.92 Å². The molecule has 0 aromatic heterocycles. The van der Waals surface area contributed by atoms with Gasteiger partial charge in [0.05, 0.1) is 23.3 Å². The van der Waals surface area contributed by atoms with Crippen molar-refractivity contribution in [1.82, 2.24) is 0 Å². The first-order valence-electron chi connectivity index (χ1n) is 6.21. The third kappa shape index (κ3) is 3.30. The summed E-state index contributed by atoms with van der Waals surface area (Å²) in [7, 11) is -0.970. The van der Waals surface area contributed by atoms with Gasteiger partial charge in [0.2, 0.25) is 0 Å². The van der Waals surface area contributed by atoms with Gasteiger partial charge in [-0.05, 0) is 47.0 Å². The number of halogens is 1. The van der Waals surface area contributed by atoms with E-state index in [-0.39, 0.29) is 17.5 Å². The predicted molar refractivity (Wildman–Crippen MR) is 80.2 cm³/mol. The zero-order valence-electron chi connectivity index (χ0n) is 11.0. The molecule has 2 rings (SSSR count). The van der Waals surface area contributed by atoms with Gasteiger partial charge in [0.25, 0.3) is 0 Å². The molecular weight excluding hydrogens is 330 g/mol. The zero-order valence-corrected chi connectivity index (χ0v) is 13.4. The van der Waals surface area contributed by atoms with Gasteiger partial charge >= 0.3 is 0 Å². The van der Waals surface area contributed by atoms with Crippen LogP contribution < -0.4 is 4.90 Å². The molecule has 0 spiro atoms. The summed E-state index contributed by atoms with van der Waals surface area (Å²) in [5.74, 6) is 0.486. The number of anilines is 1. The molecule has 0 radical (unpaired) electrons. The van der Waals surface area contributed by atoms with Crippen LogP contribution in [0.1, 0.15) is 25.0 Å². The minimum atomic E-state index is -2.88. The molecule has 1 aromatic carbocycles. The largest absolute Gasteiger partial charge is 0.389 e. The standard InChI is InChI=1S/C13H18BrNO3S/c1-9(16)10-3-4-13(12(14)7-10)15(2)11-5-6-19(17,18)8-11/h3-4,7,9,11,16H,5-6,8H2,1-2H3. The van der Waals surface area contributed by atoms with E-state index in [0.29, 0.717) is 6.42 Å². The van der Waals surface area contributed by atoms with Crippen molar-refractivity contribution in [2.75, 3.05) is 23.5 Å². The smallest absolute Gasteiger partial charge is 0.152 e. The molecule has 1 fully saturated rings. The molecule has 1 aliphatic rings. The van der Waals surface area contributed by atoms with E-state index in [4.69, 9.17) is 0 Å². The number of sulfone groups is 1. The van der Waals surface area contributed by atoms with Crippen molar-refractivity contribution >= 4 is 31.5 Å². The van der Waals surface area contributed by atoms with Crippen molar-refractivity contribution < 1.29 is 13.5 Å². The summed E-state index contributed by atoms with van der Waals surface area (Å²) in [6, 6.07) is 5.68. The van der Waals surface area contributed by atoms with Crippen molar-refractivity contribution in [3.8, 4) is 0 Å². The van der Waals surface area contributed by atoms with E-state index in [1.165, 1.54) is 0 Å². The fourth-order valence-electron chi connectivity index (χ4n) is 2.35. The van der Waals surface area contributed by atoms with Crippen LogP contribution in [0.15, 0.2) is 22.7 Å². The summed E-state index contributed by atoms with van der Waals surface area (Å²) in [6.07, 6.45) is 0.159. The molecule has 2 unspecified atom stereocenters. The molecule has 1 heterocycles. The number of hydrogen-bond donors (Lipinski definition) is 1. The molecule has 0 saturated carbocycles. The third-order valence-electron chi connectivity index (χ3n) is 3.59. The van der Waals surface area contributed by atoms with Crippen LogP contribution >= 0.6 is 15.9 Å². The number of aliphatic hydroxyl groups is 1. The van der Waals surface area contributed by atoms with Crippen molar-refractivity contribution in [1.29, 1.82) is 0 Å². The van der Waals surface area contributed by atoms with Gasteiger partial charge in [0.15, 0.2) is 9.84 Å². The van der Waals surface area contributed by atoms with E-state index in [0.717, 1.165) is 15.7 Å². The number of nitrogens with zero attached hydrogens (tertiary/aromatic N) is 1. The molecule has 1 aliphatic heterocycles. The second-order valence-electron chi connectivity index (χ2n) is 5.05. The summed E-state index contributed by atoms with van der Waals surface area (Å²) in [4.78, 5) is 2.00. The van der Waals surface area contributed by atoms with Crippen LogP contribution in [0, 0.1) is 0 Å². The molecule has 0 amide bonds. The maximum atomic E-state index is 11.5. The van der Waals surface area contributed by atoms with Gasteiger partial charge in [0.1, 0.15) is 0 Å². The van der Waals surface area contributed by atoms with Crippen molar-refractivity contribution in [2.24, 2.45) is 0 Å². The Morgan fingerprint density at radius 3 is 2.63 bits per heavy atom. The lowest BCUT2D eigenvalue weighted by atomic mass is 10.1. The van der Waals surface area contributed by atoms with Gasteiger partial charge in [-0.1, -0.05) is 6.07 Å². The molecule has 0 aliphatic carbocycles. The van der Waals surface area contributed by atoms with E-state index < -0.39 is 15.9 Å². The second kappa shape index (κ2) is 5.42. The average molecular weight is 348 g/mol. The van der Waals surface area contributed by atoms with Gasteiger partial charge in [-0.25, -0.2) is 8.42 Å². The maximum Gasteiger partial charge on any atom is 0.152 e. The Labute approximate surface area is 122 Å². The van der Waals surface area contributed by atoms with E-state index in [9.17, 15) is 13.5 Å². The summed E-state index contributed by atoms with van der Waals surface area (Å²) < 4.78 is 23.9. The summed E-state index contributed by atoms with van der Waals surface area (Å²) >= 11 is 3.49. The van der Waals surface area contributed by atoms with Crippen molar-refractivity contribution in [3.63, 3.8) is 0 Å². The van der Waals surface area contributed by atoms with Crippen LogP contribution in [0.25, 0.3) is 0 Å². The van der Waals surface area contributed by atoms with Crippen LogP contribution in [0.2, 0.25) is 0 Å². The van der Waals surface area contributed by atoms with Gasteiger partial charge in [-0.15, -0.1) is 0 Å². The molecule has 2 atom stereocenters. The van der Waals surface area contributed by atoms with Crippen molar-refractivity contribution in [2.45, 2.75) is 25.5 Å². The minimum Gasteiger partial charge on any atom is -0.389 e. The van der Waals surface area contributed by atoms with Gasteiger partial charge in [0, 0.05) is 17.6 Å². The fraction of sp³-hybridized carbons (Fsp3) is 0.538. The first-order chi connectivity index (χ1) is 8.80. The molecule has 6 heteroatoms. The Balaban J connectivity index is 2.23. The first-order valence-corrected chi connectivity index (χ1v) is 8.82. The van der Waals surface area contributed by atoms with E-state index in [2.05, 4.69) is 15.9 Å². The molecule has 19 heavy (non-hydrogen) atoms. The Kier molecular flexibility index (Phi) is 4.23. The number of hydrogen-bond acceptors (Lipinski definition) is 4. The van der Waals surface area contributed by atoms with Crippen molar-refractivity contribution in [3.05, 3.63) is 28.2 Å². The molecule has 0 bridgehead atoms. The average Bonchev–Trinajstić information content (AvgIpc) is 2.68.